The Balaban J connectivity index is 1.79. The summed E-state index contributed by atoms with van der Waals surface area (Å²) in [6.07, 6.45) is 0.684. The molecule has 0 bridgehead atoms. The van der Waals surface area contributed by atoms with Crippen molar-refractivity contribution in [3.8, 4) is 0 Å². The molecule has 6 nitrogen and oxygen atoms in total. The summed E-state index contributed by atoms with van der Waals surface area (Å²) in [6.45, 7) is 2.02. The van der Waals surface area contributed by atoms with Crippen molar-refractivity contribution in [2.24, 2.45) is 0 Å². The van der Waals surface area contributed by atoms with Crippen LogP contribution in [0.15, 0.2) is 60.7 Å². The zero-order valence-electron chi connectivity index (χ0n) is 17.1. The van der Waals surface area contributed by atoms with Crippen molar-refractivity contribution >= 4 is 51.3 Å². The zero-order valence-corrected chi connectivity index (χ0v) is 18.8. The Kier molecular flexibility index (Phi) is 7.75. The Labute approximate surface area is 190 Å². The fourth-order valence-electron chi connectivity index (χ4n) is 2.92. The number of hydrogen-bond donors (Lipinski definition) is 2. The third kappa shape index (κ3) is 5.90. The van der Waals surface area contributed by atoms with Crippen molar-refractivity contribution in [3.05, 3.63) is 82.2 Å². The van der Waals surface area contributed by atoms with E-state index in [9.17, 15) is 9.59 Å². The molecule has 0 radical (unpaired) electrons. The number of rotatable bonds is 7. The molecular weight excluding hydrogens is 432 g/mol. The van der Waals surface area contributed by atoms with Gasteiger partial charge in [0.1, 0.15) is 5.00 Å². The number of anilines is 2. The Morgan fingerprint density at radius 1 is 0.968 bits per heavy atom. The Hall–Kier alpha value is -3.23. The lowest BCUT2D eigenvalue weighted by Gasteiger charge is -2.13. The van der Waals surface area contributed by atoms with Crippen molar-refractivity contribution in [2.75, 3.05) is 24.4 Å². The van der Waals surface area contributed by atoms with Crippen LogP contribution < -0.4 is 10.6 Å². The van der Waals surface area contributed by atoms with Crippen LogP contribution in [0, 0.1) is 0 Å². The number of methoxy groups -OCH3 is 1. The molecule has 31 heavy (non-hydrogen) atoms. The molecule has 2 aromatic carbocycles. The second kappa shape index (κ2) is 10.7. The zero-order chi connectivity index (χ0) is 22.2. The maximum atomic E-state index is 12.3. The summed E-state index contributed by atoms with van der Waals surface area (Å²) in [4.78, 5) is 25.4. The first-order valence-corrected chi connectivity index (χ1v) is 10.8. The van der Waals surface area contributed by atoms with Crippen LogP contribution in [0.4, 0.5) is 10.7 Å². The number of nitrogens with one attached hydrogen (secondary N) is 2. The van der Waals surface area contributed by atoms with Gasteiger partial charge < -0.3 is 20.1 Å². The first-order chi connectivity index (χ1) is 15.0. The molecule has 0 aliphatic heterocycles. The minimum atomic E-state index is -0.451. The predicted octanol–water partition coefficient (Wildman–Crippen LogP) is 5.11. The van der Waals surface area contributed by atoms with Crippen molar-refractivity contribution in [2.45, 2.75) is 13.3 Å². The number of carbonyl (C=O) groups is 2. The molecule has 0 fully saturated rings. The highest BCUT2D eigenvalue weighted by molar-refractivity contribution is 7.80. The van der Waals surface area contributed by atoms with E-state index in [4.69, 9.17) is 21.7 Å². The number of thiocarbonyl (C=S) groups is 1. The fraction of sp³-hybridized carbons (Fsp3) is 0.174. The molecule has 1 heterocycles. The van der Waals surface area contributed by atoms with Gasteiger partial charge in [-0.3, -0.25) is 0 Å². The topological polar surface area (TPSA) is 76.7 Å². The summed E-state index contributed by atoms with van der Waals surface area (Å²) in [5, 5.41) is 6.90. The lowest BCUT2D eigenvalue weighted by molar-refractivity contribution is 0.0526. The predicted molar refractivity (Wildman–Crippen MR) is 127 cm³/mol. The minimum absolute atomic E-state index is 0.245. The molecule has 0 saturated carbocycles. The van der Waals surface area contributed by atoms with E-state index in [2.05, 4.69) is 10.6 Å². The largest absolute Gasteiger partial charge is 0.465 e. The van der Waals surface area contributed by atoms with E-state index < -0.39 is 11.9 Å². The van der Waals surface area contributed by atoms with Gasteiger partial charge in [-0.1, -0.05) is 42.5 Å². The number of para-hydroxylation sites is 1. The van der Waals surface area contributed by atoms with Gasteiger partial charge in [-0.15, -0.1) is 11.3 Å². The molecule has 0 spiro atoms. The van der Waals surface area contributed by atoms with Crippen LogP contribution in [0.25, 0.3) is 0 Å². The first-order valence-electron chi connectivity index (χ1n) is 9.61. The molecule has 0 saturated heterocycles. The summed E-state index contributed by atoms with van der Waals surface area (Å²) in [5.41, 5.74) is 2.42. The van der Waals surface area contributed by atoms with E-state index in [1.165, 1.54) is 18.4 Å². The maximum Gasteiger partial charge on any atom is 0.340 e. The van der Waals surface area contributed by atoms with E-state index in [0.29, 0.717) is 28.2 Å². The third-order valence-corrected chi connectivity index (χ3v) is 5.56. The molecule has 0 unspecified atom stereocenters. The Morgan fingerprint density at radius 3 is 2.39 bits per heavy atom. The van der Waals surface area contributed by atoms with Crippen LogP contribution in [0.2, 0.25) is 0 Å². The van der Waals surface area contributed by atoms with Crippen LogP contribution in [0.3, 0.4) is 0 Å². The normalized spacial score (nSPS) is 10.3. The summed E-state index contributed by atoms with van der Waals surface area (Å²) in [7, 11) is 1.34. The molecule has 0 amide bonds. The molecule has 0 aliphatic rings. The molecule has 3 aromatic rings. The average Bonchev–Trinajstić information content (AvgIpc) is 3.16. The smallest absolute Gasteiger partial charge is 0.340 e. The first kappa shape index (κ1) is 22.5. The van der Waals surface area contributed by atoms with Gasteiger partial charge in [-0.05, 0) is 42.9 Å². The van der Waals surface area contributed by atoms with Gasteiger partial charge in [0.15, 0.2) is 5.11 Å². The van der Waals surface area contributed by atoms with Crippen LogP contribution in [-0.2, 0) is 15.9 Å². The second-order valence-corrected chi connectivity index (χ2v) is 8.00. The molecule has 2 N–H and O–H groups in total. The average molecular weight is 455 g/mol. The van der Waals surface area contributed by atoms with E-state index in [-0.39, 0.29) is 11.7 Å². The standard InChI is InChI=1S/C23H22N2O4S2/c1-3-29-22(27)17-11-7-8-12-19(17)24-23(30)25-20-18(21(26)28-2)14-16(31-20)13-15-9-5-4-6-10-15/h4-12,14H,3,13H2,1-2H3,(H2,24,25,30). The van der Waals surface area contributed by atoms with Gasteiger partial charge in [0.25, 0.3) is 0 Å². The fourth-order valence-corrected chi connectivity index (χ4v) is 4.28. The lowest BCUT2D eigenvalue weighted by Crippen LogP contribution is -2.21. The van der Waals surface area contributed by atoms with Crippen LogP contribution >= 0.6 is 23.6 Å². The number of benzene rings is 2. The number of esters is 2. The van der Waals surface area contributed by atoms with Crippen LogP contribution in [0.1, 0.15) is 38.1 Å². The summed E-state index contributed by atoms with van der Waals surface area (Å²) < 4.78 is 10.0. The number of carbonyl (C=O) groups excluding carboxylic acids is 2. The van der Waals surface area contributed by atoms with Gasteiger partial charge in [0, 0.05) is 11.3 Å². The Morgan fingerprint density at radius 2 is 1.68 bits per heavy atom. The summed E-state index contributed by atoms with van der Waals surface area (Å²) >= 11 is 6.85. The van der Waals surface area contributed by atoms with Crippen molar-refractivity contribution < 1.29 is 19.1 Å². The van der Waals surface area contributed by atoms with E-state index in [1.54, 1.807) is 37.3 Å². The number of hydrogen-bond acceptors (Lipinski definition) is 6. The minimum Gasteiger partial charge on any atom is -0.465 e. The van der Waals surface area contributed by atoms with E-state index in [0.717, 1.165) is 10.4 Å². The summed E-state index contributed by atoms with van der Waals surface area (Å²) in [5.74, 6) is -0.891. The van der Waals surface area contributed by atoms with Gasteiger partial charge in [-0.25, -0.2) is 9.59 Å². The molecular formula is C23H22N2O4S2. The van der Waals surface area contributed by atoms with Gasteiger partial charge in [-0.2, -0.15) is 0 Å². The molecule has 0 atom stereocenters. The van der Waals surface area contributed by atoms with Crippen LogP contribution in [0.5, 0.6) is 0 Å². The summed E-state index contributed by atoms with van der Waals surface area (Å²) in [6, 6.07) is 18.7. The quantitative estimate of drug-likeness (QED) is 0.379. The molecule has 1 aromatic heterocycles. The maximum absolute atomic E-state index is 12.3. The third-order valence-electron chi connectivity index (χ3n) is 4.31. The van der Waals surface area contributed by atoms with Crippen molar-refractivity contribution in [3.63, 3.8) is 0 Å². The molecule has 0 aliphatic carbocycles. The molecule has 3 rings (SSSR count). The van der Waals surface area contributed by atoms with Gasteiger partial charge in [0.05, 0.1) is 30.5 Å². The lowest BCUT2D eigenvalue weighted by atomic mass is 10.1. The van der Waals surface area contributed by atoms with Crippen LogP contribution in [-0.4, -0.2) is 30.8 Å². The highest BCUT2D eigenvalue weighted by Gasteiger charge is 2.19. The second-order valence-electron chi connectivity index (χ2n) is 6.45. The highest BCUT2D eigenvalue weighted by Crippen LogP contribution is 2.31. The van der Waals surface area contributed by atoms with E-state index in [1.807, 2.05) is 30.3 Å². The number of ether oxygens (including phenoxy) is 2. The van der Waals surface area contributed by atoms with Crippen molar-refractivity contribution in [1.29, 1.82) is 0 Å². The SMILES string of the molecule is CCOC(=O)c1ccccc1NC(=S)Nc1sc(Cc2ccccc2)cc1C(=O)OC. The van der Waals surface area contributed by atoms with Gasteiger partial charge >= 0.3 is 11.9 Å². The highest BCUT2D eigenvalue weighted by atomic mass is 32.1. The van der Waals surface area contributed by atoms with E-state index >= 15 is 0 Å². The molecule has 160 valence electrons. The Bertz CT molecular complexity index is 1080. The van der Waals surface area contributed by atoms with Gasteiger partial charge in [0.2, 0.25) is 0 Å². The monoisotopic (exact) mass is 454 g/mol. The van der Waals surface area contributed by atoms with Crippen molar-refractivity contribution in [1.82, 2.24) is 0 Å². The molecule has 8 heteroatoms. The number of thiophene rings is 1.